The Morgan fingerprint density at radius 1 is 0.654 bits per heavy atom. The van der Waals surface area contributed by atoms with Crippen LogP contribution in [-0.4, -0.2) is 11.9 Å². The minimum Gasteiger partial charge on any atom is -0.423 e. The monoisotopic (exact) mass is 343 g/mol. The van der Waals surface area contributed by atoms with E-state index in [4.69, 9.17) is 14.7 Å². The van der Waals surface area contributed by atoms with Crippen LogP contribution in [-0.2, 0) is 0 Å². The molecule has 0 heterocycles. The highest BCUT2D eigenvalue weighted by molar-refractivity contribution is 5.92. The van der Waals surface area contributed by atoms with Gasteiger partial charge in [0.05, 0.1) is 22.8 Å². The van der Waals surface area contributed by atoms with Crippen LogP contribution in [0.25, 0.3) is 0 Å². The maximum Gasteiger partial charge on any atom is 0.343 e. The van der Waals surface area contributed by atoms with E-state index in [0.717, 1.165) is 0 Å². The first-order valence-electron chi connectivity index (χ1n) is 7.75. The molecule has 3 aromatic rings. The summed E-state index contributed by atoms with van der Waals surface area (Å²) in [5, 5.41) is 8.76. The molecule has 0 aliphatic heterocycles. The van der Waals surface area contributed by atoms with Crippen LogP contribution in [0.3, 0.4) is 0 Å². The molecule has 5 nitrogen and oxygen atoms in total. The number of carbonyl (C=O) groups is 2. The Kier molecular flexibility index (Phi) is 5.06. The molecule has 0 saturated carbocycles. The minimum atomic E-state index is -0.546. The zero-order chi connectivity index (χ0) is 18.4. The third-order valence-electron chi connectivity index (χ3n) is 3.50. The van der Waals surface area contributed by atoms with Crippen molar-refractivity contribution in [3.05, 3.63) is 95.6 Å². The van der Waals surface area contributed by atoms with Gasteiger partial charge in [-0.15, -0.1) is 0 Å². The summed E-state index contributed by atoms with van der Waals surface area (Å²) in [6, 6.07) is 22.9. The quantitative estimate of drug-likeness (QED) is 0.529. The number of carbonyl (C=O) groups excluding carboxylic acids is 2. The molecular weight excluding hydrogens is 330 g/mol. The van der Waals surface area contributed by atoms with Gasteiger partial charge in [0.15, 0.2) is 0 Å². The first-order chi connectivity index (χ1) is 12.7. The molecule has 3 aromatic carbocycles. The first kappa shape index (κ1) is 16.9. The van der Waals surface area contributed by atoms with Crippen LogP contribution in [0.15, 0.2) is 78.9 Å². The number of nitrogens with zero attached hydrogens (tertiary/aromatic N) is 1. The molecule has 0 bridgehead atoms. The zero-order valence-corrected chi connectivity index (χ0v) is 13.6. The number of esters is 2. The van der Waals surface area contributed by atoms with Crippen molar-refractivity contribution in [3.8, 4) is 17.6 Å². The third-order valence-corrected chi connectivity index (χ3v) is 3.50. The van der Waals surface area contributed by atoms with Crippen LogP contribution < -0.4 is 9.47 Å². The Morgan fingerprint density at radius 2 is 1.12 bits per heavy atom. The summed E-state index contributed by atoms with van der Waals surface area (Å²) in [7, 11) is 0. The Labute approximate surface area is 150 Å². The summed E-state index contributed by atoms with van der Waals surface area (Å²) in [6.45, 7) is 0. The zero-order valence-electron chi connectivity index (χ0n) is 13.6. The molecule has 0 radical (unpaired) electrons. The SMILES string of the molecule is N#Cc1ccc(OC(=O)c2ccc(OC(=O)c3ccccc3)cc2)cc1. The summed E-state index contributed by atoms with van der Waals surface area (Å²) in [4.78, 5) is 24.1. The molecule has 0 fully saturated rings. The van der Waals surface area contributed by atoms with Gasteiger partial charge in [-0.05, 0) is 60.7 Å². The predicted octanol–water partition coefficient (Wildman–Crippen LogP) is 4.00. The number of rotatable bonds is 4. The van der Waals surface area contributed by atoms with Gasteiger partial charge in [-0.1, -0.05) is 18.2 Å². The van der Waals surface area contributed by atoms with Crippen LogP contribution >= 0.6 is 0 Å². The highest BCUT2D eigenvalue weighted by Crippen LogP contribution is 2.17. The number of ether oxygens (including phenoxy) is 2. The molecule has 0 aliphatic rings. The smallest absolute Gasteiger partial charge is 0.343 e. The van der Waals surface area contributed by atoms with Gasteiger partial charge in [-0.3, -0.25) is 0 Å². The highest BCUT2D eigenvalue weighted by Gasteiger charge is 2.11. The molecule has 0 aliphatic carbocycles. The summed E-state index contributed by atoms with van der Waals surface area (Å²) in [6.07, 6.45) is 0. The van der Waals surface area contributed by atoms with Crippen molar-refractivity contribution in [2.45, 2.75) is 0 Å². The molecule has 26 heavy (non-hydrogen) atoms. The summed E-state index contributed by atoms with van der Waals surface area (Å²) < 4.78 is 10.5. The van der Waals surface area contributed by atoms with Gasteiger partial charge in [0.2, 0.25) is 0 Å². The van der Waals surface area contributed by atoms with Gasteiger partial charge in [0.25, 0.3) is 0 Å². The lowest BCUT2D eigenvalue weighted by Gasteiger charge is -2.06. The average Bonchev–Trinajstić information content (AvgIpc) is 2.69. The van der Waals surface area contributed by atoms with E-state index in [2.05, 4.69) is 0 Å². The maximum absolute atomic E-state index is 12.1. The molecule has 0 N–H and O–H groups in total. The van der Waals surface area contributed by atoms with Crippen LogP contribution in [0.4, 0.5) is 0 Å². The lowest BCUT2D eigenvalue weighted by Crippen LogP contribution is -2.10. The molecular formula is C21H13NO4. The molecule has 0 amide bonds. The number of hydrogen-bond donors (Lipinski definition) is 0. The van der Waals surface area contributed by atoms with Crippen LogP contribution in [0.1, 0.15) is 26.3 Å². The molecule has 0 spiro atoms. The normalized spacial score (nSPS) is 9.81. The Hall–Kier alpha value is -3.91. The third kappa shape index (κ3) is 4.13. The van der Waals surface area contributed by atoms with Crippen molar-refractivity contribution in [3.63, 3.8) is 0 Å². The average molecular weight is 343 g/mol. The predicted molar refractivity (Wildman–Crippen MR) is 94.0 cm³/mol. The molecule has 0 unspecified atom stereocenters. The van der Waals surface area contributed by atoms with Gasteiger partial charge in [0.1, 0.15) is 11.5 Å². The van der Waals surface area contributed by atoms with Gasteiger partial charge >= 0.3 is 11.9 Å². The van der Waals surface area contributed by atoms with Crippen LogP contribution in [0, 0.1) is 11.3 Å². The van der Waals surface area contributed by atoms with Gasteiger partial charge in [-0.2, -0.15) is 5.26 Å². The van der Waals surface area contributed by atoms with Crippen molar-refractivity contribution in [1.82, 2.24) is 0 Å². The van der Waals surface area contributed by atoms with E-state index in [9.17, 15) is 9.59 Å². The lowest BCUT2D eigenvalue weighted by atomic mass is 10.2. The number of benzene rings is 3. The van der Waals surface area contributed by atoms with E-state index in [-0.39, 0.29) is 0 Å². The fraction of sp³-hybridized carbons (Fsp3) is 0. The minimum absolute atomic E-state index is 0.314. The van der Waals surface area contributed by atoms with Gasteiger partial charge in [0, 0.05) is 0 Å². The van der Waals surface area contributed by atoms with Crippen molar-refractivity contribution in [1.29, 1.82) is 5.26 Å². The van der Waals surface area contributed by atoms with E-state index >= 15 is 0 Å². The van der Waals surface area contributed by atoms with Crippen molar-refractivity contribution < 1.29 is 19.1 Å². The fourth-order valence-electron chi connectivity index (χ4n) is 2.16. The fourth-order valence-corrected chi connectivity index (χ4v) is 2.16. The summed E-state index contributed by atoms with van der Waals surface area (Å²) in [5.41, 5.74) is 1.24. The number of nitriles is 1. The lowest BCUT2D eigenvalue weighted by molar-refractivity contribution is 0.0730. The first-order valence-corrected chi connectivity index (χ1v) is 7.75. The Balaban J connectivity index is 1.64. The second-order valence-electron chi connectivity index (χ2n) is 5.31. The Bertz CT molecular complexity index is 956. The molecule has 3 rings (SSSR count). The van der Waals surface area contributed by atoms with Gasteiger partial charge in [-0.25, -0.2) is 9.59 Å². The largest absolute Gasteiger partial charge is 0.423 e. The van der Waals surface area contributed by atoms with Crippen molar-refractivity contribution in [2.24, 2.45) is 0 Å². The summed E-state index contributed by atoms with van der Waals surface area (Å²) in [5.74, 6) is -0.350. The van der Waals surface area contributed by atoms with Crippen LogP contribution in [0.2, 0.25) is 0 Å². The van der Waals surface area contributed by atoms with Crippen molar-refractivity contribution in [2.75, 3.05) is 0 Å². The topological polar surface area (TPSA) is 76.4 Å². The molecule has 0 saturated heterocycles. The van der Waals surface area contributed by atoms with E-state index in [1.807, 2.05) is 12.1 Å². The molecule has 0 aromatic heterocycles. The van der Waals surface area contributed by atoms with E-state index in [1.165, 1.54) is 24.3 Å². The van der Waals surface area contributed by atoms with E-state index in [1.54, 1.807) is 48.5 Å². The van der Waals surface area contributed by atoms with Gasteiger partial charge < -0.3 is 9.47 Å². The van der Waals surface area contributed by atoms with E-state index in [0.29, 0.717) is 28.2 Å². The summed E-state index contributed by atoms with van der Waals surface area (Å²) >= 11 is 0. The molecule has 126 valence electrons. The number of hydrogen-bond acceptors (Lipinski definition) is 5. The second kappa shape index (κ2) is 7.77. The maximum atomic E-state index is 12.1. The Morgan fingerprint density at radius 3 is 1.62 bits per heavy atom. The molecule has 0 atom stereocenters. The molecule has 5 heteroatoms. The highest BCUT2D eigenvalue weighted by atomic mass is 16.5. The van der Waals surface area contributed by atoms with E-state index < -0.39 is 11.9 Å². The second-order valence-corrected chi connectivity index (χ2v) is 5.31. The van der Waals surface area contributed by atoms with Crippen molar-refractivity contribution >= 4 is 11.9 Å². The standard InChI is InChI=1S/C21H13NO4/c22-14-15-6-10-18(11-7-15)25-21(24)17-8-12-19(13-9-17)26-20(23)16-4-2-1-3-5-16/h1-13H. The van der Waals surface area contributed by atoms with Crippen LogP contribution in [0.5, 0.6) is 11.5 Å².